The van der Waals surface area contributed by atoms with Crippen molar-refractivity contribution >= 4 is 17.5 Å². The molecule has 2 fully saturated rings. The molecule has 3 unspecified atom stereocenters. The second-order valence-corrected chi connectivity index (χ2v) is 7.95. The van der Waals surface area contributed by atoms with Crippen LogP contribution in [0.15, 0.2) is 48.8 Å². The highest BCUT2D eigenvalue weighted by atomic mass is 35.5. The molecule has 0 saturated carbocycles. The number of carbonyl (C=O) groups is 1. The van der Waals surface area contributed by atoms with Crippen molar-refractivity contribution in [3.05, 3.63) is 64.9 Å². The second-order valence-electron chi connectivity index (χ2n) is 7.54. The molecule has 0 bridgehead atoms. The van der Waals surface area contributed by atoms with E-state index in [9.17, 15) is 4.79 Å². The van der Waals surface area contributed by atoms with E-state index in [0.717, 1.165) is 37.9 Å². The minimum absolute atomic E-state index is 0.0344. The molecule has 0 aliphatic carbocycles. The molecule has 2 aromatic rings. The van der Waals surface area contributed by atoms with Crippen LogP contribution in [0, 0.1) is 0 Å². The molecule has 3 atom stereocenters. The van der Waals surface area contributed by atoms with Crippen molar-refractivity contribution in [3.8, 4) is 0 Å². The number of halogens is 1. The molecule has 28 heavy (non-hydrogen) atoms. The largest absolute Gasteiger partial charge is 0.352 e. The molecule has 1 aromatic carbocycles. The molecule has 3 N–H and O–H groups in total. The van der Waals surface area contributed by atoms with Gasteiger partial charge < -0.3 is 5.32 Å². The monoisotopic (exact) mass is 399 g/mol. The van der Waals surface area contributed by atoms with E-state index in [1.54, 1.807) is 0 Å². The Labute approximate surface area is 170 Å². The first-order valence-electron chi connectivity index (χ1n) is 9.87. The minimum atomic E-state index is 0.0344. The van der Waals surface area contributed by atoms with Gasteiger partial charge in [0, 0.05) is 36.0 Å². The summed E-state index contributed by atoms with van der Waals surface area (Å²) in [5, 5.41) is 3.84. The van der Waals surface area contributed by atoms with Crippen LogP contribution in [-0.2, 0) is 11.2 Å². The molecule has 2 aliphatic rings. The van der Waals surface area contributed by atoms with Gasteiger partial charge in [0.05, 0.1) is 12.6 Å². The molecule has 1 amide bonds. The topological polar surface area (TPSA) is 69.3 Å². The number of nitrogens with one attached hydrogen (secondary N) is 3. The zero-order valence-electron chi connectivity index (χ0n) is 15.8. The van der Waals surface area contributed by atoms with Crippen LogP contribution in [0.4, 0.5) is 0 Å². The molecule has 0 spiro atoms. The Balaban J connectivity index is 1.30. The van der Waals surface area contributed by atoms with E-state index in [1.807, 2.05) is 36.7 Å². The van der Waals surface area contributed by atoms with E-state index >= 15 is 0 Å². The van der Waals surface area contributed by atoms with E-state index < -0.39 is 0 Å². The van der Waals surface area contributed by atoms with E-state index in [4.69, 9.17) is 11.6 Å². The number of hydrogen-bond acceptors (Lipinski definition) is 5. The van der Waals surface area contributed by atoms with Crippen molar-refractivity contribution in [2.45, 2.75) is 43.9 Å². The zero-order chi connectivity index (χ0) is 19.3. The Bertz CT molecular complexity index is 802. The number of rotatable bonds is 5. The van der Waals surface area contributed by atoms with Crippen LogP contribution in [0.1, 0.15) is 36.4 Å². The summed E-state index contributed by atoms with van der Waals surface area (Å²) in [5.41, 5.74) is 8.93. The summed E-state index contributed by atoms with van der Waals surface area (Å²) in [7, 11) is 0. The van der Waals surface area contributed by atoms with Gasteiger partial charge in [0.2, 0.25) is 5.91 Å². The molecule has 148 valence electrons. The van der Waals surface area contributed by atoms with Gasteiger partial charge in [-0.25, -0.2) is 10.9 Å². The summed E-state index contributed by atoms with van der Waals surface area (Å²) >= 11 is 6.18. The minimum Gasteiger partial charge on any atom is -0.352 e. The molecule has 6 nitrogen and oxygen atoms in total. The second kappa shape index (κ2) is 9.01. The summed E-state index contributed by atoms with van der Waals surface area (Å²) in [5.74, 6) is 0.0344. The van der Waals surface area contributed by atoms with Crippen molar-refractivity contribution in [2.75, 3.05) is 13.1 Å². The molecule has 2 saturated heterocycles. The Morgan fingerprint density at radius 1 is 1.21 bits per heavy atom. The lowest BCUT2D eigenvalue weighted by molar-refractivity contribution is -0.121. The number of benzene rings is 1. The maximum absolute atomic E-state index is 12.5. The van der Waals surface area contributed by atoms with Gasteiger partial charge in [-0.3, -0.25) is 14.7 Å². The summed E-state index contributed by atoms with van der Waals surface area (Å²) in [6.45, 7) is 1.90. The molecule has 3 heterocycles. The SMILES string of the molecule is O=C(Cc1ccccc1Cl)NC1CCCN(C2CC(c3ccncc3)NN2)C1. The van der Waals surface area contributed by atoms with Crippen LogP contribution in [0.2, 0.25) is 5.02 Å². The first kappa shape index (κ1) is 19.3. The fraction of sp³-hybridized carbons (Fsp3) is 0.429. The van der Waals surface area contributed by atoms with E-state index in [0.29, 0.717) is 11.4 Å². The van der Waals surface area contributed by atoms with Gasteiger partial charge in [0.25, 0.3) is 0 Å². The number of piperidine rings is 1. The fourth-order valence-electron chi connectivity index (χ4n) is 4.09. The van der Waals surface area contributed by atoms with Crippen molar-refractivity contribution < 1.29 is 4.79 Å². The lowest BCUT2D eigenvalue weighted by atomic mass is 10.0. The van der Waals surface area contributed by atoms with E-state index in [-0.39, 0.29) is 24.2 Å². The summed E-state index contributed by atoms with van der Waals surface area (Å²) in [6, 6.07) is 12.1. The lowest BCUT2D eigenvalue weighted by Crippen LogP contribution is -2.54. The third-order valence-electron chi connectivity index (χ3n) is 5.56. The van der Waals surface area contributed by atoms with Crippen LogP contribution >= 0.6 is 11.6 Å². The van der Waals surface area contributed by atoms with Gasteiger partial charge in [0.15, 0.2) is 0 Å². The van der Waals surface area contributed by atoms with Crippen molar-refractivity contribution in [1.29, 1.82) is 0 Å². The van der Waals surface area contributed by atoms with E-state index in [1.165, 1.54) is 5.56 Å². The van der Waals surface area contributed by atoms with Gasteiger partial charge in [-0.05, 0) is 55.1 Å². The fourth-order valence-corrected chi connectivity index (χ4v) is 4.30. The zero-order valence-corrected chi connectivity index (χ0v) is 16.5. The van der Waals surface area contributed by atoms with E-state index in [2.05, 4.69) is 38.2 Å². The summed E-state index contributed by atoms with van der Waals surface area (Å²) in [4.78, 5) is 19.0. The lowest BCUT2D eigenvalue weighted by Gasteiger charge is -2.36. The quantitative estimate of drug-likeness (QED) is 0.720. The molecular formula is C21H26ClN5O. The smallest absolute Gasteiger partial charge is 0.224 e. The first-order chi connectivity index (χ1) is 13.7. The van der Waals surface area contributed by atoms with Crippen LogP contribution in [0.25, 0.3) is 0 Å². The van der Waals surface area contributed by atoms with Crippen LogP contribution in [-0.4, -0.2) is 41.1 Å². The van der Waals surface area contributed by atoms with Crippen LogP contribution < -0.4 is 16.2 Å². The number of amides is 1. The maximum Gasteiger partial charge on any atom is 0.224 e. The number of pyridine rings is 1. The van der Waals surface area contributed by atoms with Crippen LogP contribution in [0.3, 0.4) is 0 Å². The first-order valence-corrected chi connectivity index (χ1v) is 10.2. The van der Waals surface area contributed by atoms with Crippen LogP contribution in [0.5, 0.6) is 0 Å². The third kappa shape index (κ3) is 4.70. The number of nitrogens with zero attached hydrogens (tertiary/aromatic N) is 2. The summed E-state index contributed by atoms with van der Waals surface area (Å²) < 4.78 is 0. The molecule has 0 radical (unpaired) electrons. The Kier molecular flexibility index (Phi) is 6.22. The number of carbonyl (C=O) groups excluding carboxylic acids is 1. The maximum atomic E-state index is 12.5. The number of aromatic nitrogens is 1. The Hall–Kier alpha value is -1.99. The highest BCUT2D eigenvalue weighted by Gasteiger charge is 2.32. The van der Waals surface area contributed by atoms with Gasteiger partial charge >= 0.3 is 0 Å². The van der Waals surface area contributed by atoms with Crippen molar-refractivity contribution in [3.63, 3.8) is 0 Å². The number of hydrogen-bond donors (Lipinski definition) is 3. The van der Waals surface area contributed by atoms with Gasteiger partial charge in [-0.1, -0.05) is 29.8 Å². The highest BCUT2D eigenvalue weighted by Crippen LogP contribution is 2.25. The third-order valence-corrected chi connectivity index (χ3v) is 5.93. The molecule has 4 rings (SSSR count). The van der Waals surface area contributed by atoms with Gasteiger partial charge in [0.1, 0.15) is 0 Å². The normalized spacial score (nSPS) is 25.5. The van der Waals surface area contributed by atoms with Crippen molar-refractivity contribution in [1.82, 2.24) is 26.1 Å². The predicted octanol–water partition coefficient (Wildman–Crippen LogP) is 2.42. The molecule has 2 aliphatic heterocycles. The molecular weight excluding hydrogens is 374 g/mol. The average Bonchev–Trinajstić information content (AvgIpc) is 3.21. The molecule has 1 aromatic heterocycles. The standard InChI is InChI=1S/C21H26ClN5O/c22-18-6-2-1-4-16(18)12-21(28)24-17-5-3-11-27(14-17)20-13-19(25-26-20)15-7-9-23-10-8-15/h1-2,4,6-10,17,19-20,25-26H,3,5,11-14H2,(H,24,28). The Morgan fingerprint density at radius 3 is 2.86 bits per heavy atom. The average molecular weight is 400 g/mol. The summed E-state index contributed by atoms with van der Waals surface area (Å²) in [6.07, 6.45) is 7.33. The van der Waals surface area contributed by atoms with Gasteiger partial charge in [-0.15, -0.1) is 0 Å². The number of likely N-dealkylation sites (tertiary alicyclic amines) is 1. The predicted molar refractivity (Wildman–Crippen MR) is 110 cm³/mol. The number of hydrazine groups is 1. The van der Waals surface area contributed by atoms with Crippen molar-refractivity contribution in [2.24, 2.45) is 0 Å². The highest BCUT2D eigenvalue weighted by molar-refractivity contribution is 6.31. The van der Waals surface area contributed by atoms with Gasteiger partial charge in [-0.2, -0.15) is 0 Å². The molecule has 7 heteroatoms. The Morgan fingerprint density at radius 2 is 2.04 bits per heavy atom.